The van der Waals surface area contributed by atoms with Crippen molar-refractivity contribution in [2.45, 2.75) is 18.3 Å². The fourth-order valence-electron chi connectivity index (χ4n) is 1.00. The van der Waals surface area contributed by atoms with Crippen LogP contribution in [0.15, 0.2) is 12.2 Å². The molecule has 0 aliphatic carbocycles. The first-order valence-corrected chi connectivity index (χ1v) is 3.43. The Kier molecular flexibility index (Phi) is 2.62. The van der Waals surface area contributed by atoms with Gasteiger partial charge in [-0.1, -0.05) is 6.58 Å². The molecule has 1 unspecified atom stereocenters. The maximum Gasteiger partial charge on any atom is 0.112 e. The van der Waals surface area contributed by atoms with Crippen molar-refractivity contribution in [3.05, 3.63) is 12.2 Å². The third-order valence-electron chi connectivity index (χ3n) is 1.79. The van der Waals surface area contributed by atoms with E-state index in [-0.39, 0.29) is 13.2 Å². The van der Waals surface area contributed by atoms with Gasteiger partial charge in [0.15, 0.2) is 0 Å². The lowest BCUT2D eigenvalue weighted by molar-refractivity contribution is -0.121. The van der Waals surface area contributed by atoms with Crippen molar-refractivity contribution < 1.29 is 20.1 Å². The Labute approximate surface area is 64.7 Å². The molecule has 4 nitrogen and oxygen atoms in total. The van der Waals surface area contributed by atoms with Crippen molar-refractivity contribution in [1.29, 1.82) is 0 Å². The monoisotopic (exact) mass is 160 g/mol. The zero-order chi connectivity index (χ0) is 8.43. The van der Waals surface area contributed by atoms with E-state index in [0.717, 1.165) is 0 Å². The molecule has 0 amide bonds. The minimum absolute atomic E-state index is 0.198. The first-order valence-electron chi connectivity index (χ1n) is 3.43. The number of rotatable bonds is 1. The SMILES string of the molecule is C=C1COC(CO)[C@@H](O)[C@@H]1O. The predicted molar refractivity (Wildman–Crippen MR) is 38.0 cm³/mol. The van der Waals surface area contributed by atoms with Crippen molar-refractivity contribution >= 4 is 0 Å². The molecule has 1 aliphatic heterocycles. The van der Waals surface area contributed by atoms with Gasteiger partial charge in [-0.25, -0.2) is 0 Å². The van der Waals surface area contributed by atoms with Crippen LogP contribution >= 0.6 is 0 Å². The molecule has 3 N–H and O–H groups in total. The Hall–Kier alpha value is -0.420. The first-order chi connectivity index (χ1) is 5.16. The van der Waals surface area contributed by atoms with Gasteiger partial charge in [0.05, 0.1) is 13.2 Å². The van der Waals surface area contributed by atoms with Gasteiger partial charge in [-0.15, -0.1) is 0 Å². The van der Waals surface area contributed by atoms with E-state index in [2.05, 4.69) is 6.58 Å². The second-order valence-corrected chi connectivity index (χ2v) is 2.63. The standard InChI is InChI=1S/C7H12O4/c1-4-3-11-5(2-8)7(10)6(4)9/h5-10H,1-3H2/t5?,6-,7-/m1/s1. The summed E-state index contributed by atoms with van der Waals surface area (Å²) in [6, 6.07) is 0. The largest absolute Gasteiger partial charge is 0.394 e. The normalized spacial score (nSPS) is 39.2. The van der Waals surface area contributed by atoms with Gasteiger partial charge in [0.1, 0.15) is 18.3 Å². The summed E-state index contributed by atoms with van der Waals surface area (Å²) >= 11 is 0. The third-order valence-corrected chi connectivity index (χ3v) is 1.79. The molecule has 1 fully saturated rings. The highest BCUT2D eigenvalue weighted by atomic mass is 16.5. The van der Waals surface area contributed by atoms with Gasteiger partial charge in [0.2, 0.25) is 0 Å². The lowest BCUT2D eigenvalue weighted by Crippen LogP contribution is -2.47. The quantitative estimate of drug-likeness (QED) is 0.415. The molecule has 0 aromatic rings. The van der Waals surface area contributed by atoms with E-state index in [0.29, 0.717) is 5.57 Å². The fourth-order valence-corrected chi connectivity index (χ4v) is 1.00. The van der Waals surface area contributed by atoms with Gasteiger partial charge in [0.25, 0.3) is 0 Å². The average molecular weight is 160 g/mol. The Balaban J connectivity index is 2.59. The zero-order valence-electron chi connectivity index (χ0n) is 6.10. The lowest BCUT2D eigenvalue weighted by Gasteiger charge is -2.32. The number of hydrogen-bond acceptors (Lipinski definition) is 4. The zero-order valence-corrected chi connectivity index (χ0v) is 6.10. The maximum atomic E-state index is 9.21. The van der Waals surface area contributed by atoms with Gasteiger partial charge >= 0.3 is 0 Å². The third kappa shape index (κ3) is 1.59. The smallest absolute Gasteiger partial charge is 0.112 e. The topological polar surface area (TPSA) is 69.9 Å². The molecule has 0 aromatic carbocycles. The number of ether oxygens (including phenoxy) is 1. The lowest BCUT2D eigenvalue weighted by atomic mass is 9.99. The predicted octanol–water partition coefficient (Wildman–Crippen LogP) is -1.34. The molecule has 1 rings (SSSR count). The van der Waals surface area contributed by atoms with E-state index in [9.17, 15) is 10.2 Å². The van der Waals surface area contributed by atoms with E-state index in [1.807, 2.05) is 0 Å². The van der Waals surface area contributed by atoms with Crippen molar-refractivity contribution in [3.8, 4) is 0 Å². The van der Waals surface area contributed by atoms with Gasteiger partial charge < -0.3 is 20.1 Å². The van der Waals surface area contributed by atoms with E-state index in [1.165, 1.54) is 0 Å². The van der Waals surface area contributed by atoms with Crippen molar-refractivity contribution in [2.24, 2.45) is 0 Å². The second kappa shape index (κ2) is 3.32. The van der Waals surface area contributed by atoms with Crippen LogP contribution in [-0.2, 0) is 4.74 Å². The van der Waals surface area contributed by atoms with Gasteiger partial charge in [-0.3, -0.25) is 0 Å². The van der Waals surface area contributed by atoms with Crippen LogP contribution < -0.4 is 0 Å². The summed E-state index contributed by atoms with van der Waals surface area (Å²) in [6.07, 6.45) is -2.71. The van der Waals surface area contributed by atoms with E-state index in [1.54, 1.807) is 0 Å². The molecule has 3 atom stereocenters. The van der Waals surface area contributed by atoms with E-state index < -0.39 is 18.3 Å². The molecule has 0 radical (unpaired) electrons. The van der Waals surface area contributed by atoms with Crippen LogP contribution in [0.25, 0.3) is 0 Å². The molecule has 0 aromatic heterocycles. The van der Waals surface area contributed by atoms with Crippen LogP contribution in [0.2, 0.25) is 0 Å². The summed E-state index contributed by atoms with van der Waals surface area (Å²) < 4.78 is 4.96. The molecule has 0 bridgehead atoms. The average Bonchev–Trinajstić information content (AvgIpc) is 2.01. The summed E-state index contributed by atoms with van der Waals surface area (Å²) in [7, 11) is 0. The summed E-state index contributed by atoms with van der Waals surface area (Å²) in [5.74, 6) is 0. The van der Waals surface area contributed by atoms with Crippen LogP contribution in [-0.4, -0.2) is 46.8 Å². The molecule has 1 aliphatic rings. The molecule has 0 saturated carbocycles. The Bertz CT molecular complexity index is 157. The summed E-state index contributed by atoms with van der Waals surface area (Å²) in [5.41, 5.74) is 0.446. The van der Waals surface area contributed by atoms with Crippen LogP contribution in [0, 0.1) is 0 Å². The van der Waals surface area contributed by atoms with E-state index >= 15 is 0 Å². The number of aliphatic hydroxyl groups excluding tert-OH is 3. The highest BCUT2D eigenvalue weighted by Crippen LogP contribution is 2.17. The van der Waals surface area contributed by atoms with Crippen molar-refractivity contribution in [3.63, 3.8) is 0 Å². The maximum absolute atomic E-state index is 9.21. The minimum Gasteiger partial charge on any atom is -0.394 e. The van der Waals surface area contributed by atoms with Crippen LogP contribution in [0.4, 0.5) is 0 Å². The molecule has 1 saturated heterocycles. The number of aliphatic hydroxyl groups is 3. The van der Waals surface area contributed by atoms with Crippen molar-refractivity contribution in [1.82, 2.24) is 0 Å². The van der Waals surface area contributed by atoms with Crippen LogP contribution in [0.1, 0.15) is 0 Å². The molecular formula is C7H12O4. The Morgan fingerprint density at radius 2 is 2.18 bits per heavy atom. The second-order valence-electron chi connectivity index (χ2n) is 2.63. The minimum atomic E-state index is -1.05. The fraction of sp³-hybridized carbons (Fsp3) is 0.714. The Morgan fingerprint density at radius 1 is 1.55 bits per heavy atom. The van der Waals surface area contributed by atoms with E-state index in [4.69, 9.17) is 9.84 Å². The summed E-state index contributed by atoms with van der Waals surface area (Å²) in [5, 5.41) is 27.1. The first kappa shape index (κ1) is 8.67. The van der Waals surface area contributed by atoms with Crippen LogP contribution in [0.5, 0.6) is 0 Å². The highest BCUT2D eigenvalue weighted by molar-refractivity contribution is 5.09. The Morgan fingerprint density at radius 3 is 2.73 bits per heavy atom. The van der Waals surface area contributed by atoms with Crippen LogP contribution in [0.3, 0.4) is 0 Å². The molecule has 11 heavy (non-hydrogen) atoms. The van der Waals surface area contributed by atoms with Gasteiger partial charge in [-0.2, -0.15) is 0 Å². The molecule has 1 heterocycles. The molecule has 0 spiro atoms. The number of hydrogen-bond donors (Lipinski definition) is 3. The highest BCUT2D eigenvalue weighted by Gasteiger charge is 2.32. The van der Waals surface area contributed by atoms with Gasteiger partial charge in [-0.05, 0) is 5.57 Å². The molecule has 64 valence electrons. The van der Waals surface area contributed by atoms with Gasteiger partial charge in [0, 0.05) is 0 Å². The summed E-state index contributed by atoms with van der Waals surface area (Å²) in [4.78, 5) is 0. The molecular weight excluding hydrogens is 148 g/mol. The van der Waals surface area contributed by atoms with Crippen molar-refractivity contribution in [2.75, 3.05) is 13.2 Å². The molecule has 4 heteroatoms. The summed E-state index contributed by atoms with van der Waals surface area (Å²) in [6.45, 7) is 3.41.